The lowest BCUT2D eigenvalue weighted by atomic mass is 10.2. The van der Waals surface area contributed by atoms with Crippen molar-refractivity contribution >= 4 is 36.6 Å². The van der Waals surface area contributed by atoms with Gasteiger partial charge in [0.25, 0.3) is 0 Å². The van der Waals surface area contributed by atoms with Gasteiger partial charge in [-0.25, -0.2) is 4.98 Å². The summed E-state index contributed by atoms with van der Waals surface area (Å²) in [6.07, 6.45) is 1.66. The van der Waals surface area contributed by atoms with Crippen LogP contribution in [0.1, 0.15) is 20.8 Å². The van der Waals surface area contributed by atoms with Crippen LogP contribution in [0.4, 0.5) is 5.82 Å². The van der Waals surface area contributed by atoms with Crippen molar-refractivity contribution in [3.05, 3.63) is 24.4 Å². The Morgan fingerprint density at radius 3 is 2.47 bits per heavy atom. The van der Waals surface area contributed by atoms with Crippen molar-refractivity contribution in [1.82, 2.24) is 4.98 Å². The average Bonchev–Trinajstić information content (AvgIpc) is 2.14. The van der Waals surface area contributed by atoms with E-state index in [2.05, 4.69) is 10.3 Å². The topological polar surface area (TPSA) is 51.2 Å². The fourth-order valence-corrected chi connectivity index (χ4v) is 1.01. The minimum absolute atomic E-state index is 0. The van der Waals surface area contributed by atoms with Gasteiger partial charge >= 0.3 is 5.97 Å². The first-order valence-corrected chi connectivity index (χ1v) is 4.84. The van der Waals surface area contributed by atoms with Gasteiger partial charge in [-0.05, 0) is 32.9 Å². The van der Waals surface area contributed by atoms with Crippen molar-refractivity contribution < 1.29 is 9.53 Å². The number of esters is 1. The van der Waals surface area contributed by atoms with Gasteiger partial charge in [-0.3, -0.25) is 4.79 Å². The van der Waals surface area contributed by atoms with Crippen LogP contribution >= 0.6 is 24.8 Å². The quantitative estimate of drug-likeness (QED) is 0.865. The molecule has 0 aliphatic carbocycles. The zero-order valence-corrected chi connectivity index (χ0v) is 11.7. The molecule has 0 saturated carbocycles. The number of halogens is 2. The molecule has 0 aliphatic rings. The Bertz CT molecular complexity index is 326. The second kappa shape index (κ2) is 8.14. The van der Waals surface area contributed by atoms with Crippen molar-refractivity contribution in [3.63, 3.8) is 0 Å². The first kappa shape index (κ1) is 18.4. The summed E-state index contributed by atoms with van der Waals surface area (Å²) in [5, 5.41) is 2.88. The van der Waals surface area contributed by atoms with Crippen LogP contribution in [0.5, 0.6) is 0 Å². The van der Waals surface area contributed by atoms with Crippen LogP contribution in [-0.2, 0) is 9.53 Å². The van der Waals surface area contributed by atoms with Crippen LogP contribution in [0.3, 0.4) is 0 Å². The molecule has 1 heterocycles. The van der Waals surface area contributed by atoms with E-state index >= 15 is 0 Å². The van der Waals surface area contributed by atoms with Gasteiger partial charge in [-0.2, -0.15) is 0 Å². The first-order chi connectivity index (χ1) is 6.97. The van der Waals surface area contributed by atoms with E-state index in [1.54, 1.807) is 12.3 Å². The fraction of sp³-hybridized carbons (Fsp3) is 0.455. The van der Waals surface area contributed by atoms with Gasteiger partial charge in [-0.15, -0.1) is 24.8 Å². The third-order valence-corrected chi connectivity index (χ3v) is 1.50. The third kappa shape index (κ3) is 8.77. The maximum absolute atomic E-state index is 11.3. The van der Waals surface area contributed by atoms with Gasteiger partial charge in [-0.1, -0.05) is 6.07 Å². The molecule has 0 amide bonds. The lowest BCUT2D eigenvalue weighted by molar-refractivity contribution is -0.152. The normalized spacial score (nSPS) is 9.59. The number of anilines is 1. The molecule has 1 rings (SSSR count). The number of carbonyl (C=O) groups excluding carboxylic acids is 1. The van der Waals surface area contributed by atoms with Gasteiger partial charge in [0.1, 0.15) is 18.0 Å². The maximum atomic E-state index is 11.3. The molecular formula is C11H18Cl2N2O2. The number of ether oxygens (including phenoxy) is 1. The van der Waals surface area contributed by atoms with E-state index in [1.807, 2.05) is 32.9 Å². The van der Waals surface area contributed by atoms with Gasteiger partial charge < -0.3 is 10.1 Å². The molecule has 0 fully saturated rings. The van der Waals surface area contributed by atoms with Crippen LogP contribution in [0.25, 0.3) is 0 Å². The molecule has 1 N–H and O–H groups in total. The molecule has 4 nitrogen and oxygen atoms in total. The van der Waals surface area contributed by atoms with E-state index in [9.17, 15) is 4.79 Å². The van der Waals surface area contributed by atoms with Crippen LogP contribution in [0, 0.1) is 0 Å². The van der Waals surface area contributed by atoms with Crippen molar-refractivity contribution in [2.75, 3.05) is 11.9 Å². The number of carbonyl (C=O) groups is 1. The minimum atomic E-state index is -0.442. The Morgan fingerprint density at radius 2 is 2.00 bits per heavy atom. The number of rotatable bonds is 3. The first-order valence-electron chi connectivity index (χ1n) is 4.84. The summed E-state index contributed by atoms with van der Waals surface area (Å²) >= 11 is 0. The highest BCUT2D eigenvalue weighted by Gasteiger charge is 2.15. The molecule has 6 heteroatoms. The summed E-state index contributed by atoms with van der Waals surface area (Å²) < 4.78 is 5.13. The van der Waals surface area contributed by atoms with E-state index in [0.29, 0.717) is 5.82 Å². The lowest BCUT2D eigenvalue weighted by Crippen LogP contribution is -2.28. The second-order valence-corrected chi connectivity index (χ2v) is 4.15. The van der Waals surface area contributed by atoms with Crippen LogP contribution in [0.2, 0.25) is 0 Å². The molecule has 1 aromatic heterocycles. The molecule has 17 heavy (non-hydrogen) atoms. The van der Waals surface area contributed by atoms with Crippen LogP contribution in [0.15, 0.2) is 24.4 Å². The zero-order chi connectivity index (χ0) is 11.3. The Labute approximate surface area is 114 Å². The molecule has 0 bridgehead atoms. The monoisotopic (exact) mass is 280 g/mol. The van der Waals surface area contributed by atoms with Gasteiger partial charge in [0, 0.05) is 6.20 Å². The maximum Gasteiger partial charge on any atom is 0.325 e. The molecule has 0 saturated heterocycles. The number of nitrogens with one attached hydrogen (secondary N) is 1. The molecule has 0 atom stereocenters. The van der Waals surface area contributed by atoms with Crippen LogP contribution in [-0.4, -0.2) is 23.1 Å². The molecule has 0 aliphatic heterocycles. The van der Waals surface area contributed by atoms with E-state index in [4.69, 9.17) is 4.74 Å². The number of hydrogen-bond acceptors (Lipinski definition) is 4. The molecule has 98 valence electrons. The summed E-state index contributed by atoms with van der Waals surface area (Å²) in [6, 6.07) is 5.47. The molecule has 1 aromatic rings. The molecule has 0 spiro atoms. The number of pyridine rings is 1. The summed E-state index contributed by atoms with van der Waals surface area (Å²) in [5.41, 5.74) is -0.442. The van der Waals surface area contributed by atoms with E-state index in [-0.39, 0.29) is 37.3 Å². The predicted octanol–water partition coefficient (Wildman–Crippen LogP) is 2.68. The summed E-state index contributed by atoms with van der Waals surface area (Å²) in [7, 11) is 0. The molecular weight excluding hydrogens is 263 g/mol. The van der Waals surface area contributed by atoms with E-state index in [1.165, 1.54) is 0 Å². The highest BCUT2D eigenvalue weighted by Crippen LogP contribution is 2.07. The largest absolute Gasteiger partial charge is 0.459 e. The average molecular weight is 281 g/mol. The van der Waals surface area contributed by atoms with Gasteiger partial charge in [0.05, 0.1) is 0 Å². The Morgan fingerprint density at radius 1 is 1.35 bits per heavy atom. The van der Waals surface area contributed by atoms with E-state index in [0.717, 1.165) is 0 Å². The van der Waals surface area contributed by atoms with Crippen molar-refractivity contribution in [2.24, 2.45) is 0 Å². The van der Waals surface area contributed by atoms with Crippen molar-refractivity contribution in [2.45, 2.75) is 26.4 Å². The number of nitrogens with zero attached hydrogens (tertiary/aromatic N) is 1. The fourth-order valence-electron chi connectivity index (χ4n) is 1.01. The lowest BCUT2D eigenvalue weighted by Gasteiger charge is -2.19. The van der Waals surface area contributed by atoms with Gasteiger partial charge in [0.2, 0.25) is 0 Å². The Hall–Kier alpha value is -1.000. The highest BCUT2D eigenvalue weighted by molar-refractivity contribution is 5.85. The summed E-state index contributed by atoms with van der Waals surface area (Å²) in [4.78, 5) is 15.3. The smallest absolute Gasteiger partial charge is 0.325 e. The predicted molar refractivity (Wildman–Crippen MR) is 73.1 cm³/mol. The van der Waals surface area contributed by atoms with Crippen LogP contribution < -0.4 is 5.32 Å². The van der Waals surface area contributed by atoms with Crippen molar-refractivity contribution in [3.8, 4) is 0 Å². The number of hydrogen-bond donors (Lipinski definition) is 1. The SMILES string of the molecule is CC(C)(C)OC(=O)CNc1ccccn1.Cl.Cl. The standard InChI is InChI=1S/C11H16N2O2.2ClH/c1-11(2,3)15-10(14)8-13-9-6-4-5-7-12-9;;/h4-7H,8H2,1-3H3,(H,12,13);2*1H. The summed E-state index contributed by atoms with van der Waals surface area (Å²) in [6.45, 7) is 5.65. The summed E-state index contributed by atoms with van der Waals surface area (Å²) in [5.74, 6) is 0.386. The Balaban J connectivity index is 0. The molecule has 0 unspecified atom stereocenters. The Kier molecular flexibility index (Phi) is 8.80. The number of aromatic nitrogens is 1. The zero-order valence-electron chi connectivity index (χ0n) is 10.1. The minimum Gasteiger partial charge on any atom is -0.459 e. The second-order valence-electron chi connectivity index (χ2n) is 4.15. The highest BCUT2D eigenvalue weighted by atomic mass is 35.5. The third-order valence-electron chi connectivity index (χ3n) is 1.50. The molecule has 0 radical (unpaired) electrons. The van der Waals surface area contributed by atoms with E-state index < -0.39 is 5.60 Å². The molecule has 0 aromatic carbocycles. The van der Waals surface area contributed by atoms with Crippen molar-refractivity contribution in [1.29, 1.82) is 0 Å². The van der Waals surface area contributed by atoms with Gasteiger partial charge in [0.15, 0.2) is 0 Å².